The highest BCUT2D eigenvalue weighted by Gasteiger charge is 2.61. The number of hydrogen-bond donors (Lipinski definition) is 2. The van der Waals surface area contributed by atoms with Crippen molar-refractivity contribution < 1.29 is 14.6 Å². The van der Waals surface area contributed by atoms with Gasteiger partial charge in [0.1, 0.15) is 11.5 Å². The van der Waals surface area contributed by atoms with E-state index in [1.165, 1.54) is 37.7 Å². The van der Waals surface area contributed by atoms with E-state index in [1.807, 2.05) is 0 Å². The maximum absolute atomic E-state index is 12.2. The van der Waals surface area contributed by atoms with Crippen LogP contribution in [0.2, 0.25) is 0 Å². The third-order valence-corrected chi connectivity index (χ3v) is 12.5. The van der Waals surface area contributed by atoms with E-state index in [4.69, 9.17) is 4.74 Å². The van der Waals surface area contributed by atoms with Crippen molar-refractivity contribution in [1.29, 1.82) is 0 Å². The summed E-state index contributed by atoms with van der Waals surface area (Å²) in [5.41, 5.74) is 1.65. The monoisotopic (exact) mass is 537 g/mol. The highest BCUT2D eigenvalue weighted by Crippen LogP contribution is 2.66. The summed E-state index contributed by atoms with van der Waals surface area (Å²) in [6.07, 6.45) is 13.9. The van der Waals surface area contributed by atoms with Crippen LogP contribution in [0, 0.1) is 40.4 Å². The predicted molar refractivity (Wildman–Crippen MR) is 159 cm³/mol. The van der Waals surface area contributed by atoms with Crippen LogP contribution < -0.4 is 10.1 Å². The van der Waals surface area contributed by atoms with Crippen LogP contribution in [0.15, 0.2) is 24.3 Å². The molecule has 4 heteroatoms. The van der Waals surface area contributed by atoms with Crippen molar-refractivity contribution in [2.75, 3.05) is 13.2 Å². The van der Waals surface area contributed by atoms with E-state index in [1.54, 1.807) is 0 Å². The van der Waals surface area contributed by atoms with Crippen molar-refractivity contribution in [1.82, 2.24) is 5.32 Å². The van der Waals surface area contributed by atoms with Gasteiger partial charge in [-0.3, -0.25) is 4.79 Å². The quantitative estimate of drug-likeness (QED) is 0.301. The first-order chi connectivity index (χ1) is 18.8. The van der Waals surface area contributed by atoms with Gasteiger partial charge in [0.2, 0.25) is 0 Å². The third kappa shape index (κ3) is 5.59. The average Bonchev–Trinajstić information content (AvgIpc) is 3.28. The van der Waals surface area contributed by atoms with E-state index in [-0.39, 0.29) is 11.5 Å². The molecule has 4 nitrogen and oxygen atoms in total. The van der Waals surface area contributed by atoms with Crippen LogP contribution in [-0.4, -0.2) is 30.1 Å². The summed E-state index contributed by atoms with van der Waals surface area (Å²) in [6, 6.07) is 9.05. The molecular weight excluding hydrogens is 482 g/mol. The standard InChI is InChI=1S/C35H55NO3/c1-5-24(6-2)23-36-32(7-3)25-9-8-10-28(21-25)39-20-19-35-18-16-30-29(31(35)13-14-33(35)38)12-11-26-22-27(37)15-17-34(26,30)4/h8-10,21,24,26,29-33,36,38H,5-7,11-20,22-23H2,1-4H3/t26?,29?,30?,31?,32?,33-,34-,35+/m0/s1. The van der Waals surface area contributed by atoms with E-state index in [2.05, 4.69) is 57.3 Å². The molecule has 0 amide bonds. The van der Waals surface area contributed by atoms with Crippen LogP contribution in [0.3, 0.4) is 0 Å². The Morgan fingerprint density at radius 1 is 1.03 bits per heavy atom. The molecule has 4 aliphatic carbocycles. The normalized spacial score (nSPS) is 36.8. The van der Waals surface area contributed by atoms with Gasteiger partial charge in [0.15, 0.2) is 0 Å². The first-order valence-corrected chi connectivity index (χ1v) is 16.5. The highest BCUT2D eigenvalue weighted by molar-refractivity contribution is 5.79. The fourth-order valence-corrected chi connectivity index (χ4v) is 9.87. The average molecular weight is 538 g/mol. The molecule has 0 spiro atoms. The lowest BCUT2D eigenvalue weighted by Crippen LogP contribution is -2.55. The summed E-state index contributed by atoms with van der Waals surface area (Å²) in [5.74, 6) is 4.82. The number of fused-ring (bicyclic) bond motifs is 5. The molecule has 0 bridgehead atoms. The minimum Gasteiger partial charge on any atom is -0.494 e. The molecule has 4 saturated carbocycles. The van der Waals surface area contributed by atoms with Gasteiger partial charge in [0, 0.05) is 24.3 Å². The van der Waals surface area contributed by atoms with Crippen LogP contribution in [0.4, 0.5) is 0 Å². The summed E-state index contributed by atoms with van der Waals surface area (Å²) >= 11 is 0. The molecule has 39 heavy (non-hydrogen) atoms. The molecule has 0 saturated heterocycles. The Balaban J connectivity index is 1.23. The van der Waals surface area contributed by atoms with Gasteiger partial charge in [-0.25, -0.2) is 0 Å². The molecule has 8 atom stereocenters. The Bertz CT molecular complexity index is 974. The van der Waals surface area contributed by atoms with Gasteiger partial charge < -0.3 is 15.2 Å². The first-order valence-electron chi connectivity index (χ1n) is 16.5. The molecule has 5 unspecified atom stereocenters. The van der Waals surface area contributed by atoms with Gasteiger partial charge >= 0.3 is 0 Å². The fourth-order valence-electron chi connectivity index (χ4n) is 9.87. The van der Waals surface area contributed by atoms with Gasteiger partial charge in [-0.05, 0) is 117 Å². The molecule has 0 heterocycles. The first kappa shape index (κ1) is 29.1. The highest BCUT2D eigenvalue weighted by atomic mass is 16.5. The molecule has 0 aromatic heterocycles. The zero-order valence-electron chi connectivity index (χ0n) is 25.2. The van der Waals surface area contributed by atoms with E-state index in [9.17, 15) is 9.90 Å². The fraction of sp³-hybridized carbons (Fsp3) is 0.800. The molecule has 4 fully saturated rings. The zero-order chi connectivity index (χ0) is 27.6. The molecule has 2 N–H and O–H groups in total. The van der Waals surface area contributed by atoms with Gasteiger partial charge in [-0.2, -0.15) is 0 Å². The maximum atomic E-state index is 12.2. The largest absolute Gasteiger partial charge is 0.494 e. The van der Waals surface area contributed by atoms with Crippen molar-refractivity contribution >= 4 is 5.78 Å². The predicted octanol–water partition coefficient (Wildman–Crippen LogP) is 7.89. The van der Waals surface area contributed by atoms with Gasteiger partial charge in [0.25, 0.3) is 0 Å². The summed E-state index contributed by atoms with van der Waals surface area (Å²) in [6.45, 7) is 11.1. The second-order valence-corrected chi connectivity index (χ2v) is 14.0. The summed E-state index contributed by atoms with van der Waals surface area (Å²) < 4.78 is 6.44. The number of aliphatic hydroxyl groups is 1. The van der Waals surface area contributed by atoms with Crippen LogP contribution in [-0.2, 0) is 4.79 Å². The molecule has 5 rings (SSSR count). The SMILES string of the molecule is CCC(CC)CNC(CC)c1cccc(OCC[C@]23CCC4C(CCC5CC(=O)CC[C@@]54C)C2CC[C@@H]3O)c1. The molecule has 4 aliphatic rings. The van der Waals surface area contributed by atoms with E-state index in [0.29, 0.717) is 41.6 Å². The molecule has 1 aromatic carbocycles. The summed E-state index contributed by atoms with van der Waals surface area (Å²) in [7, 11) is 0. The Labute approximate surface area is 238 Å². The van der Waals surface area contributed by atoms with Crippen LogP contribution >= 0.6 is 0 Å². The third-order valence-electron chi connectivity index (χ3n) is 12.5. The van der Waals surface area contributed by atoms with Crippen LogP contribution in [0.25, 0.3) is 0 Å². The second kappa shape index (κ2) is 12.2. The Morgan fingerprint density at radius 3 is 2.62 bits per heavy atom. The second-order valence-electron chi connectivity index (χ2n) is 14.0. The number of nitrogens with one attached hydrogen (secondary N) is 1. The Kier molecular flexibility index (Phi) is 9.13. The number of hydrogen-bond acceptors (Lipinski definition) is 4. The molecular formula is C35H55NO3. The molecule has 218 valence electrons. The van der Waals surface area contributed by atoms with E-state index in [0.717, 1.165) is 75.5 Å². The Hall–Kier alpha value is -1.39. The van der Waals surface area contributed by atoms with Crippen molar-refractivity contribution in [2.45, 2.75) is 123 Å². The van der Waals surface area contributed by atoms with Gasteiger partial charge in [-0.1, -0.05) is 52.7 Å². The lowest BCUT2D eigenvalue weighted by atomic mass is 9.44. The van der Waals surface area contributed by atoms with Crippen LogP contribution in [0.5, 0.6) is 5.75 Å². The van der Waals surface area contributed by atoms with Crippen molar-refractivity contribution in [2.24, 2.45) is 40.4 Å². The molecule has 1 aromatic rings. The number of Topliss-reactive ketones (excluding diaryl/α,β-unsaturated/α-hetero) is 1. The van der Waals surface area contributed by atoms with E-state index >= 15 is 0 Å². The number of ether oxygens (including phenoxy) is 1. The van der Waals surface area contributed by atoms with Gasteiger partial charge in [-0.15, -0.1) is 0 Å². The summed E-state index contributed by atoms with van der Waals surface area (Å²) in [5, 5.41) is 15.2. The number of benzene rings is 1. The van der Waals surface area contributed by atoms with Crippen molar-refractivity contribution in [3.8, 4) is 5.75 Å². The lowest BCUT2D eigenvalue weighted by Gasteiger charge is -2.60. The minimum absolute atomic E-state index is 0.00921. The summed E-state index contributed by atoms with van der Waals surface area (Å²) in [4.78, 5) is 12.2. The van der Waals surface area contributed by atoms with Crippen molar-refractivity contribution in [3.05, 3.63) is 29.8 Å². The number of carbonyl (C=O) groups excluding carboxylic acids is 1. The lowest BCUT2D eigenvalue weighted by molar-refractivity contribution is -0.145. The molecule has 0 aliphatic heterocycles. The van der Waals surface area contributed by atoms with Crippen LogP contribution in [0.1, 0.15) is 123 Å². The maximum Gasteiger partial charge on any atom is 0.133 e. The number of carbonyl (C=O) groups is 1. The number of aliphatic hydroxyl groups excluding tert-OH is 1. The molecule has 0 radical (unpaired) electrons. The van der Waals surface area contributed by atoms with Gasteiger partial charge in [0.05, 0.1) is 12.7 Å². The smallest absolute Gasteiger partial charge is 0.133 e. The number of rotatable bonds is 11. The zero-order valence-corrected chi connectivity index (χ0v) is 25.2. The van der Waals surface area contributed by atoms with E-state index < -0.39 is 0 Å². The van der Waals surface area contributed by atoms with Crippen molar-refractivity contribution in [3.63, 3.8) is 0 Å². The Morgan fingerprint density at radius 2 is 1.85 bits per heavy atom. The minimum atomic E-state index is -0.199. The topological polar surface area (TPSA) is 58.6 Å². The number of ketones is 1.